The minimum absolute atomic E-state index is 0.156. The van der Waals surface area contributed by atoms with Crippen LogP contribution in [0.25, 0.3) is 0 Å². The average Bonchev–Trinajstić information content (AvgIpc) is 2.27. The maximum atomic E-state index is 11.7. The van der Waals surface area contributed by atoms with E-state index in [1.165, 1.54) is 7.11 Å². The topological polar surface area (TPSA) is 35.5 Å². The van der Waals surface area contributed by atoms with Crippen molar-refractivity contribution < 1.29 is 14.3 Å². The normalized spacial score (nSPS) is 12.0. The quantitative estimate of drug-likeness (QED) is 0.587. The molecule has 15 heavy (non-hydrogen) atoms. The number of Topliss-reactive ketones (excluding diaryl/α,β-unsaturated/α-hetero) is 1. The van der Waals surface area contributed by atoms with Gasteiger partial charge in [0.05, 0.1) is 25.2 Å². The number of ketones is 1. The number of carbonyl (C=O) groups excluding carboxylic acids is 1. The van der Waals surface area contributed by atoms with E-state index in [1.54, 1.807) is 32.2 Å². The smallest absolute Gasteiger partial charge is 0.184 e. The van der Waals surface area contributed by atoms with Crippen molar-refractivity contribution in [2.45, 2.75) is 12.3 Å². The van der Waals surface area contributed by atoms with Crippen LogP contribution >= 0.6 is 11.6 Å². The van der Waals surface area contributed by atoms with Crippen molar-refractivity contribution in [3.8, 4) is 11.5 Å². The Morgan fingerprint density at radius 3 is 2.47 bits per heavy atom. The van der Waals surface area contributed by atoms with Crippen molar-refractivity contribution in [3.05, 3.63) is 23.8 Å². The predicted molar refractivity (Wildman–Crippen MR) is 59.2 cm³/mol. The summed E-state index contributed by atoms with van der Waals surface area (Å²) in [5.74, 6) is 0.966. The zero-order valence-electron chi connectivity index (χ0n) is 8.91. The molecule has 0 amide bonds. The van der Waals surface area contributed by atoms with Crippen molar-refractivity contribution in [1.82, 2.24) is 0 Å². The van der Waals surface area contributed by atoms with E-state index in [4.69, 9.17) is 21.1 Å². The third-order valence-corrected chi connectivity index (χ3v) is 2.23. The minimum atomic E-state index is -0.563. The second kappa shape index (κ2) is 5.03. The summed E-state index contributed by atoms with van der Waals surface area (Å²) in [4.78, 5) is 11.7. The fourth-order valence-electron chi connectivity index (χ4n) is 1.22. The number of rotatable bonds is 4. The molecule has 1 aromatic rings. The molecule has 0 aliphatic heterocycles. The van der Waals surface area contributed by atoms with Crippen molar-refractivity contribution in [1.29, 1.82) is 0 Å². The van der Waals surface area contributed by atoms with E-state index in [1.807, 2.05) is 0 Å². The lowest BCUT2D eigenvalue weighted by Gasteiger charge is -2.10. The van der Waals surface area contributed by atoms with Crippen LogP contribution in [0.2, 0.25) is 0 Å². The Labute approximate surface area is 93.9 Å². The second-order valence-corrected chi connectivity index (χ2v) is 3.70. The van der Waals surface area contributed by atoms with E-state index in [0.717, 1.165) is 0 Å². The molecule has 4 heteroatoms. The molecule has 0 unspecified atom stereocenters. The highest BCUT2D eigenvalue weighted by Gasteiger charge is 2.17. The van der Waals surface area contributed by atoms with Gasteiger partial charge in [0.1, 0.15) is 11.5 Å². The van der Waals surface area contributed by atoms with Gasteiger partial charge >= 0.3 is 0 Å². The first kappa shape index (κ1) is 11.9. The number of ether oxygens (including phenoxy) is 2. The lowest BCUT2D eigenvalue weighted by molar-refractivity contribution is 0.0989. The molecule has 3 nitrogen and oxygen atoms in total. The molecule has 0 heterocycles. The summed E-state index contributed by atoms with van der Waals surface area (Å²) >= 11 is 5.73. The molecule has 1 rings (SSSR count). The first-order valence-electron chi connectivity index (χ1n) is 4.50. The van der Waals surface area contributed by atoms with Gasteiger partial charge < -0.3 is 9.47 Å². The number of hydrogen-bond acceptors (Lipinski definition) is 3. The number of benzene rings is 1. The standard InChI is InChI=1S/C11H13ClO3/c1-7(12)11(13)9-5-4-8(14-2)6-10(9)15-3/h4-7H,1-3H3/t7-/m0/s1. The van der Waals surface area contributed by atoms with Gasteiger partial charge in [-0.25, -0.2) is 0 Å². The summed E-state index contributed by atoms with van der Waals surface area (Å²) in [7, 11) is 3.06. The summed E-state index contributed by atoms with van der Waals surface area (Å²) in [6.07, 6.45) is 0. The fraction of sp³-hybridized carbons (Fsp3) is 0.364. The van der Waals surface area contributed by atoms with Crippen LogP contribution in [0.15, 0.2) is 18.2 Å². The van der Waals surface area contributed by atoms with Gasteiger partial charge in [-0.15, -0.1) is 11.6 Å². The molecule has 0 aliphatic rings. The third-order valence-electron chi connectivity index (χ3n) is 2.04. The summed E-state index contributed by atoms with van der Waals surface area (Å²) in [6.45, 7) is 1.63. The first-order valence-corrected chi connectivity index (χ1v) is 4.94. The molecule has 0 bridgehead atoms. The highest BCUT2D eigenvalue weighted by atomic mass is 35.5. The molecule has 0 spiro atoms. The van der Waals surface area contributed by atoms with Crippen LogP contribution in [-0.4, -0.2) is 25.4 Å². The Morgan fingerprint density at radius 1 is 1.33 bits per heavy atom. The molecule has 0 aromatic heterocycles. The van der Waals surface area contributed by atoms with E-state index >= 15 is 0 Å². The van der Waals surface area contributed by atoms with Gasteiger partial charge in [-0.2, -0.15) is 0 Å². The van der Waals surface area contributed by atoms with E-state index in [-0.39, 0.29) is 5.78 Å². The van der Waals surface area contributed by atoms with Crippen LogP contribution in [0.3, 0.4) is 0 Å². The van der Waals surface area contributed by atoms with Gasteiger partial charge in [-0.05, 0) is 19.1 Å². The van der Waals surface area contributed by atoms with Gasteiger partial charge in [-0.1, -0.05) is 0 Å². The molecule has 0 radical (unpaired) electrons. The molecule has 0 saturated heterocycles. The van der Waals surface area contributed by atoms with Crippen LogP contribution in [-0.2, 0) is 0 Å². The van der Waals surface area contributed by atoms with Gasteiger partial charge in [0.2, 0.25) is 0 Å². The number of methoxy groups -OCH3 is 2. The monoisotopic (exact) mass is 228 g/mol. The van der Waals surface area contributed by atoms with Crippen molar-refractivity contribution >= 4 is 17.4 Å². The number of carbonyl (C=O) groups is 1. The zero-order chi connectivity index (χ0) is 11.4. The lowest BCUT2D eigenvalue weighted by Crippen LogP contribution is -2.11. The zero-order valence-corrected chi connectivity index (χ0v) is 9.67. The Bertz CT molecular complexity index is 361. The SMILES string of the molecule is COc1ccc(C(=O)[C@H](C)Cl)c(OC)c1. The highest BCUT2D eigenvalue weighted by Crippen LogP contribution is 2.26. The van der Waals surface area contributed by atoms with Crippen molar-refractivity contribution in [2.24, 2.45) is 0 Å². The number of alkyl halides is 1. The molecular formula is C11H13ClO3. The van der Waals surface area contributed by atoms with Crippen LogP contribution in [0, 0.1) is 0 Å². The van der Waals surface area contributed by atoms with Crippen LogP contribution in [0.5, 0.6) is 11.5 Å². The van der Waals surface area contributed by atoms with Gasteiger partial charge in [0.15, 0.2) is 5.78 Å². The number of halogens is 1. The summed E-state index contributed by atoms with van der Waals surface area (Å²) in [5, 5.41) is -0.563. The van der Waals surface area contributed by atoms with Crippen molar-refractivity contribution in [3.63, 3.8) is 0 Å². The molecular weight excluding hydrogens is 216 g/mol. The van der Waals surface area contributed by atoms with E-state index in [2.05, 4.69) is 0 Å². The Hall–Kier alpha value is -1.22. The van der Waals surface area contributed by atoms with Gasteiger partial charge in [-0.3, -0.25) is 4.79 Å². The Morgan fingerprint density at radius 2 is 2.00 bits per heavy atom. The largest absolute Gasteiger partial charge is 0.497 e. The predicted octanol–water partition coefficient (Wildman–Crippen LogP) is 2.51. The van der Waals surface area contributed by atoms with Gasteiger partial charge in [0.25, 0.3) is 0 Å². The van der Waals surface area contributed by atoms with E-state index < -0.39 is 5.38 Å². The molecule has 0 N–H and O–H groups in total. The van der Waals surface area contributed by atoms with E-state index in [9.17, 15) is 4.79 Å². The summed E-state index contributed by atoms with van der Waals surface area (Å²) < 4.78 is 10.1. The maximum absolute atomic E-state index is 11.7. The lowest BCUT2D eigenvalue weighted by atomic mass is 10.1. The summed E-state index contributed by atoms with van der Waals surface area (Å²) in [6, 6.07) is 5.01. The Kier molecular flexibility index (Phi) is 3.97. The number of hydrogen-bond donors (Lipinski definition) is 0. The minimum Gasteiger partial charge on any atom is -0.497 e. The van der Waals surface area contributed by atoms with Crippen LogP contribution < -0.4 is 9.47 Å². The third kappa shape index (κ3) is 2.63. The first-order chi connectivity index (χ1) is 7.10. The molecule has 1 aromatic carbocycles. The summed E-state index contributed by atoms with van der Waals surface area (Å²) in [5.41, 5.74) is 0.473. The highest BCUT2D eigenvalue weighted by molar-refractivity contribution is 6.33. The average molecular weight is 229 g/mol. The van der Waals surface area contributed by atoms with Crippen LogP contribution in [0.4, 0.5) is 0 Å². The van der Waals surface area contributed by atoms with Gasteiger partial charge in [0, 0.05) is 6.07 Å². The molecule has 0 fully saturated rings. The van der Waals surface area contributed by atoms with Crippen LogP contribution in [0.1, 0.15) is 17.3 Å². The second-order valence-electron chi connectivity index (χ2n) is 3.05. The molecule has 0 aliphatic carbocycles. The fourth-order valence-corrected chi connectivity index (χ4v) is 1.33. The molecule has 0 saturated carbocycles. The van der Waals surface area contributed by atoms with E-state index in [0.29, 0.717) is 17.1 Å². The van der Waals surface area contributed by atoms with Crippen molar-refractivity contribution in [2.75, 3.05) is 14.2 Å². The molecule has 82 valence electrons. The maximum Gasteiger partial charge on any atom is 0.184 e. The molecule has 1 atom stereocenters. The Balaban J connectivity index is 3.13.